The molecule has 1 aliphatic carbocycles. The molecule has 102 valence electrons. The molecule has 5 heteroatoms. The van der Waals surface area contributed by atoms with Gasteiger partial charge in [-0.3, -0.25) is 4.79 Å². The number of amides is 1. The Bertz CT molecular complexity index is 348. The molecule has 2 aliphatic rings. The molecule has 1 amide bonds. The lowest BCUT2D eigenvalue weighted by Gasteiger charge is -2.32. The van der Waals surface area contributed by atoms with Crippen LogP contribution in [0.15, 0.2) is 4.99 Å². The predicted octanol–water partition coefficient (Wildman–Crippen LogP) is 1.89. The van der Waals surface area contributed by atoms with E-state index >= 15 is 0 Å². The highest BCUT2D eigenvalue weighted by Gasteiger charge is 2.38. The van der Waals surface area contributed by atoms with Crippen LogP contribution in [0.3, 0.4) is 0 Å². The lowest BCUT2D eigenvalue weighted by molar-refractivity contribution is -0.120. The minimum absolute atomic E-state index is 0.153. The van der Waals surface area contributed by atoms with Gasteiger partial charge in [0.25, 0.3) is 0 Å². The maximum atomic E-state index is 11.4. The lowest BCUT2D eigenvalue weighted by Crippen LogP contribution is -2.45. The fraction of sp³-hybridized carbons (Fsp3) is 0.846. The summed E-state index contributed by atoms with van der Waals surface area (Å²) in [7, 11) is 0. The van der Waals surface area contributed by atoms with E-state index in [1.807, 2.05) is 13.8 Å². The molecule has 1 unspecified atom stereocenters. The van der Waals surface area contributed by atoms with Crippen molar-refractivity contribution in [3.05, 3.63) is 0 Å². The minimum Gasteiger partial charge on any atom is -0.368 e. The van der Waals surface area contributed by atoms with Crippen LogP contribution in [0.1, 0.15) is 46.0 Å². The van der Waals surface area contributed by atoms with E-state index in [0.29, 0.717) is 0 Å². The molecule has 0 radical (unpaired) electrons. The van der Waals surface area contributed by atoms with Gasteiger partial charge in [0, 0.05) is 11.3 Å². The second-order valence-electron chi connectivity index (χ2n) is 5.78. The number of nitrogens with zero attached hydrogens (tertiary/aromatic N) is 1. The van der Waals surface area contributed by atoms with Crippen LogP contribution < -0.4 is 11.1 Å². The first kappa shape index (κ1) is 13.7. The molecule has 1 aliphatic heterocycles. The van der Waals surface area contributed by atoms with Gasteiger partial charge in [-0.05, 0) is 18.8 Å². The van der Waals surface area contributed by atoms with Gasteiger partial charge < -0.3 is 11.1 Å². The molecule has 2 fully saturated rings. The van der Waals surface area contributed by atoms with Gasteiger partial charge in [-0.15, -0.1) is 0 Å². The Morgan fingerprint density at radius 2 is 2.06 bits per heavy atom. The van der Waals surface area contributed by atoms with E-state index in [9.17, 15) is 4.79 Å². The Balaban J connectivity index is 2.04. The smallest absolute Gasteiger partial charge is 0.242 e. The van der Waals surface area contributed by atoms with Gasteiger partial charge in [-0.25, -0.2) is 4.99 Å². The third-order valence-corrected chi connectivity index (χ3v) is 5.03. The largest absolute Gasteiger partial charge is 0.368 e. The van der Waals surface area contributed by atoms with Crippen LogP contribution in [-0.2, 0) is 4.79 Å². The number of thioether (sulfide) groups is 1. The summed E-state index contributed by atoms with van der Waals surface area (Å²) in [5.41, 5.74) is 5.64. The van der Waals surface area contributed by atoms with Crippen molar-refractivity contribution in [2.75, 3.05) is 5.75 Å². The van der Waals surface area contributed by atoms with Crippen molar-refractivity contribution in [3.63, 3.8) is 0 Å². The molecule has 1 spiro atoms. The lowest BCUT2D eigenvalue weighted by atomic mass is 9.83. The summed E-state index contributed by atoms with van der Waals surface area (Å²) in [5.74, 6) is 0.903. The zero-order valence-corrected chi connectivity index (χ0v) is 12.1. The SMILES string of the molecule is CC(C)C(N=C1NC2(CCCCC2)CS1)C(N)=O. The molecule has 0 aromatic rings. The summed E-state index contributed by atoms with van der Waals surface area (Å²) in [6.07, 6.45) is 6.38. The standard InChI is InChI=1S/C13H23N3OS/c1-9(2)10(11(14)17)15-12-16-13(8-18-12)6-4-3-5-7-13/h9-10H,3-8H2,1-2H3,(H2,14,17)(H,15,16). The number of amidine groups is 1. The van der Waals surface area contributed by atoms with Crippen LogP contribution >= 0.6 is 11.8 Å². The second-order valence-corrected chi connectivity index (χ2v) is 6.74. The molecule has 1 heterocycles. The fourth-order valence-corrected chi connectivity index (χ4v) is 3.99. The molecule has 0 bridgehead atoms. The van der Waals surface area contributed by atoms with Gasteiger partial charge in [0.1, 0.15) is 6.04 Å². The Morgan fingerprint density at radius 3 is 2.61 bits per heavy atom. The number of nitrogens with one attached hydrogen (secondary N) is 1. The molecule has 1 atom stereocenters. The second kappa shape index (κ2) is 5.51. The number of hydrogen-bond donors (Lipinski definition) is 2. The van der Waals surface area contributed by atoms with E-state index in [-0.39, 0.29) is 17.4 Å². The normalized spacial score (nSPS) is 26.5. The molecule has 0 aromatic heterocycles. The van der Waals surface area contributed by atoms with E-state index in [1.54, 1.807) is 11.8 Å². The van der Waals surface area contributed by atoms with Crippen molar-refractivity contribution in [2.45, 2.75) is 57.5 Å². The zero-order chi connectivity index (χ0) is 13.2. The molecule has 18 heavy (non-hydrogen) atoms. The van der Waals surface area contributed by atoms with Crippen molar-refractivity contribution in [3.8, 4) is 0 Å². The molecule has 0 aromatic carbocycles. The average Bonchev–Trinajstić information content (AvgIpc) is 2.69. The van der Waals surface area contributed by atoms with Crippen molar-refractivity contribution in [1.82, 2.24) is 5.32 Å². The Kier molecular flexibility index (Phi) is 4.20. The third-order valence-electron chi connectivity index (χ3n) is 3.85. The van der Waals surface area contributed by atoms with Crippen molar-refractivity contribution in [1.29, 1.82) is 0 Å². The van der Waals surface area contributed by atoms with Crippen LogP contribution in [-0.4, -0.2) is 28.4 Å². The Labute approximate surface area is 113 Å². The van der Waals surface area contributed by atoms with Gasteiger partial charge in [-0.1, -0.05) is 44.9 Å². The van der Waals surface area contributed by atoms with E-state index in [2.05, 4.69) is 10.3 Å². The highest BCUT2D eigenvalue weighted by atomic mass is 32.2. The van der Waals surface area contributed by atoms with Crippen molar-refractivity contribution in [2.24, 2.45) is 16.6 Å². The summed E-state index contributed by atoms with van der Waals surface area (Å²) in [5, 5.41) is 4.46. The minimum atomic E-state index is -0.404. The van der Waals surface area contributed by atoms with Crippen molar-refractivity contribution < 1.29 is 4.79 Å². The highest BCUT2D eigenvalue weighted by Crippen LogP contribution is 2.36. The molecule has 3 N–H and O–H groups in total. The summed E-state index contributed by atoms with van der Waals surface area (Å²) in [4.78, 5) is 15.9. The number of primary amides is 1. The van der Waals surface area contributed by atoms with Gasteiger partial charge in [0.15, 0.2) is 5.17 Å². The van der Waals surface area contributed by atoms with Crippen LogP contribution in [0.5, 0.6) is 0 Å². The number of carbonyl (C=O) groups is 1. The molecule has 2 rings (SSSR count). The third kappa shape index (κ3) is 2.99. The molecule has 1 saturated carbocycles. The monoisotopic (exact) mass is 269 g/mol. The average molecular weight is 269 g/mol. The number of carbonyl (C=O) groups excluding carboxylic acids is 1. The molecule has 1 saturated heterocycles. The van der Waals surface area contributed by atoms with E-state index in [1.165, 1.54) is 32.1 Å². The molecule has 4 nitrogen and oxygen atoms in total. The van der Waals surface area contributed by atoms with Crippen LogP contribution in [0, 0.1) is 5.92 Å². The number of hydrogen-bond acceptors (Lipinski definition) is 3. The van der Waals surface area contributed by atoms with E-state index in [4.69, 9.17) is 5.73 Å². The number of rotatable bonds is 3. The molecular formula is C13H23N3OS. The summed E-state index contributed by atoms with van der Waals surface area (Å²) in [6.45, 7) is 3.96. The zero-order valence-electron chi connectivity index (χ0n) is 11.2. The predicted molar refractivity (Wildman–Crippen MR) is 76.7 cm³/mol. The number of aliphatic imine (C=N–C) groups is 1. The van der Waals surface area contributed by atoms with Gasteiger partial charge in [0.05, 0.1) is 0 Å². The summed E-state index contributed by atoms with van der Waals surface area (Å²) >= 11 is 1.74. The quantitative estimate of drug-likeness (QED) is 0.822. The Morgan fingerprint density at radius 1 is 1.39 bits per heavy atom. The maximum Gasteiger partial charge on any atom is 0.242 e. The molecular weight excluding hydrogens is 246 g/mol. The van der Waals surface area contributed by atoms with E-state index in [0.717, 1.165) is 10.9 Å². The van der Waals surface area contributed by atoms with Gasteiger partial charge >= 0.3 is 0 Å². The van der Waals surface area contributed by atoms with Gasteiger partial charge in [-0.2, -0.15) is 0 Å². The topological polar surface area (TPSA) is 67.5 Å². The van der Waals surface area contributed by atoms with E-state index < -0.39 is 6.04 Å². The maximum absolute atomic E-state index is 11.4. The van der Waals surface area contributed by atoms with Crippen molar-refractivity contribution >= 4 is 22.8 Å². The number of nitrogens with two attached hydrogens (primary N) is 1. The first-order valence-corrected chi connectivity index (χ1v) is 7.79. The first-order chi connectivity index (χ1) is 8.52. The summed E-state index contributed by atoms with van der Waals surface area (Å²) in [6, 6.07) is -0.404. The summed E-state index contributed by atoms with van der Waals surface area (Å²) < 4.78 is 0. The fourth-order valence-electron chi connectivity index (χ4n) is 2.74. The van der Waals surface area contributed by atoms with Crippen LogP contribution in [0.25, 0.3) is 0 Å². The Hall–Kier alpha value is -0.710. The van der Waals surface area contributed by atoms with Crippen LogP contribution in [0.4, 0.5) is 0 Å². The van der Waals surface area contributed by atoms with Crippen LogP contribution in [0.2, 0.25) is 0 Å². The van der Waals surface area contributed by atoms with Gasteiger partial charge in [0.2, 0.25) is 5.91 Å². The first-order valence-electron chi connectivity index (χ1n) is 6.80. The highest BCUT2D eigenvalue weighted by molar-refractivity contribution is 8.14.